The molecular weight excluding hydrogens is 300 g/mol. The Morgan fingerprint density at radius 1 is 1.43 bits per heavy atom. The van der Waals surface area contributed by atoms with Gasteiger partial charge in [0.05, 0.1) is 16.4 Å². The first-order valence-corrected chi connectivity index (χ1v) is 7.80. The Labute approximate surface area is 121 Å². The average molecular weight is 314 g/mol. The summed E-state index contributed by atoms with van der Waals surface area (Å²) in [6.07, 6.45) is 0. The van der Waals surface area contributed by atoms with Crippen molar-refractivity contribution in [1.82, 2.24) is 10.2 Å². The quantitative estimate of drug-likeness (QED) is 0.580. The molecule has 1 fully saturated rings. The van der Waals surface area contributed by atoms with Gasteiger partial charge < -0.3 is 10.2 Å². The van der Waals surface area contributed by atoms with Crippen molar-refractivity contribution in [2.24, 2.45) is 0 Å². The van der Waals surface area contributed by atoms with Gasteiger partial charge in [-0.3, -0.25) is 14.8 Å². The Kier molecular flexibility index (Phi) is 4.26. The molecule has 0 atom stereocenters. The van der Waals surface area contributed by atoms with E-state index in [1.54, 1.807) is 0 Å². The average Bonchev–Trinajstić information content (AvgIpc) is 2.82. The van der Waals surface area contributed by atoms with Crippen LogP contribution in [-0.4, -0.2) is 49.7 Å². The third-order valence-corrected chi connectivity index (χ3v) is 4.17. The van der Waals surface area contributed by atoms with Crippen molar-refractivity contribution in [1.29, 1.82) is 0 Å². The lowest BCUT2D eigenvalue weighted by molar-refractivity contribution is -0.384. The van der Waals surface area contributed by atoms with Crippen LogP contribution in [0.2, 0.25) is 0 Å². The van der Waals surface area contributed by atoms with Crippen LogP contribution >= 0.6 is 0 Å². The number of sulfonamides is 1. The molecule has 0 bridgehead atoms. The maximum absolute atomic E-state index is 11.9. The minimum Gasteiger partial charge on any atom is -0.336 e. The Morgan fingerprint density at radius 3 is 2.81 bits per heavy atom. The van der Waals surface area contributed by atoms with Gasteiger partial charge in [-0.15, -0.1) is 0 Å². The van der Waals surface area contributed by atoms with Crippen molar-refractivity contribution in [3.63, 3.8) is 0 Å². The summed E-state index contributed by atoms with van der Waals surface area (Å²) >= 11 is 0. The lowest BCUT2D eigenvalue weighted by Crippen LogP contribution is -2.34. The van der Waals surface area contributed by atoms with Gasteiger partial charge in [-0.25, -0.2) is 13.2 Å². The Hall–Kier alpha value is -2.36. The summed E-state index contributed by atoms with van der Waals surface area (Å²) in [6.45, 7) is 1.03. The molecule has 0 aliphatic carbocycles. The van der Waals surface area contributed by atoms with E-state index in [1.807, 2.05) is 0 Å². The van der Waals surface area contributed by atoms with Crippen LogP contribution < -0.4 is 10.0 Å². The third kappa shape index (κ3) is 4.05. The number of urea groups is 1. The van der Waals surface area contributed by atoms with E-state index in [1.165, 1.54) is 23.1 Å². The van der Waals surface area contributed by atoms with E-state index >= 15 is 0 Å². The second kappa shape index (κ2) is 5.95. The fourth-order valence-electron chi connectivity index (χ4n) is 1.87. The molecule has 114 valence electrons. The minimum atomic E-state index is -3.68. The summed E-state index contributed by atoms with van der Waals surface area (Å²) in [5.41, 5.74) is -0.0794. The summed E-state index contributed by atoms with van der Waals surface area (Å²) in [5.74, 6) is -0.275. The van der Waals surface area contributed by atoms with Gasteiger partial charge >= 0.3 is 6.03 Å². The SMILES string of the molecule is O=C1NCCN1CCS(=O)(=O)Nc1cccc([N+](=O)[O-])c1. The maximum Gasteiger partial charge on any atom is 0.317 e. The highest BCUT2D eigenvalue weighted by atomic mass is 32.2. The van der Waals surface area contributed by atoms with Crippen LogP contribution in [0.4, 0.5) is 16.2 Å². The van der Waals surface area contributed by atoms with Gasteiger partial charge in [-0.1, -0.05) is 6.07 Å². The number of carbonyl (C=O) groups is 1. The van der Waals surface area contributed by atoms with Gasteiger partial charge in [-0.2, -0.15) is 0 Å². The summed E-state index contributed by atoms with van der Waals surface area (Å²) in [5, 5.41) is 13.2. The molecule has 2 N–H and O–H groups in total. The molecule has 21 heavy (non-hydrogen) atoms. The minimum absolute atomic E-state index is 0.0656. The molecule has 10 heteroatoms. The number of rotatable bonds is 6. The molecule has 1 aromatic rings. The summed E-state index contributed by atoms with van der Waals surface area (Å²) < 4.78 is 26.1. The van der Waals surface area contributed by atoms with Crippen LogP contribution in [0.1, 0.15) is 0 Å². The Morgan fingerprint density at radius 2 is 2.19 bits per heavy atom. The van der Waals surface area contributed by atoms with E-state index < -0.39 is 14.9 Å². The number of hydrogen-bond donors (Lipinski definition) is 2. The zero-order valence-electron chi connectivity index (χ0n) is 11.0. The monoisotopic (exact) mass is 314 g/mol. The molecular formula is C11H14N4O5S. The number of anilines is 1. The first-order chi connectivity index (χ1) is 9.87. The number of nitro benzene ring substituents is 1. The Bertz CT molecular complexity index is 660. The lowest BCUT2D eigenvalue weighted by atomic mass is 10.3. The highest BCUT2D eigenvalue weighted by molar-refractivity contribution is 7.92. The zero-order valence-corrected chi connectivity index (χ0v) is 11.8. The predicted molar refractivity (Wildman–Crippen MR) is 75.5 cm³/mol. The van der Waals surface area contributed by atoms with E-state index in [0.29, 0.717) is 13.1 Å². The smallest absolute Gasteiger partial charge is 0.317 e. The zero-order chi connectivity index (χ0) is 15.5. The third-order valence-electron chi connectivity index (χ3n) is 2.91. The highest BCUT2D eigenvalue weighted by Crippen LogP contribution is 2.18. The van der Waals surface area contributed by atoms with Crippen molar-refractivity contribution >= 4 is 27.4 Å². The number of carbonyl (C=O) groups excluding carboxylic acids is 1. The number of nitrogens with one attached hydrogen (secondary N) is 2. The van der Waals surface area contributed by atoms with E-state index in [2.05, 4.69) is 10.0 Å². The molecule has 1 aliphatic heterocycles. The molecule has 1 aromatic carbocycles. The summed E-state index contributed by atoms with van der Waals surface area (Å²) in [6, 6.07) is 4.93. The molecule has 1 saturated heterocycles. The van der Waals surface area contributed by atoms with E-state index in [4.69, 9.17) is 0 Å². The predicted octanol–water partition coefficient (Wildman–Crippen LogP) is 0.362. The van der Waals surface area contributed by atoms with Gasteiger partial charge in [0.15, 0.2) is 0 Å². The molecule has 2 rings (SSSR count). The lowest BCUT2D eigenvalue weighted by Gasteiger charge is -2.14. The van der Waals surface area contributed by atoms with Crippen molar-refractivity contribution in [2.75, 3.05) is 30.1 Å². The molecule has 0 saturated carbocycles. The van der Waals surface area contributed by atoms with Crippen LogP contribution in [0.15, 0.2) is 24.3 Å². The first kappa shape index (κ1) is 15.0. The number of nitrogens with zero attached hydrogens (tertiary/aromatic N) is 2. The number of amides is 2. The van der Waals surface area contributed by atoms with Crippen molar-refractivity contribution in [3.05, 3.63) is 34.4 Å². The van der Waals surface area contributed by atoms with Crippen LogP contribution in [0.25, 0.3) is 0 Å². The molecule has 2 amide bonds. The van der Waals surface area contributed by atoms with Gasteiger partial charge in [0.1, 0.15) is 0 Å². The second-order valence-electron chi connectivity index (χ2n) is 4.45. The normalized spacial score (nSPS) is 14.9. The van der Waals surface area contributed by atoms with Gasteiger partial charge in [-0.05, 0) is 6.07 Å². The number of non-ortho nitro benzene ring substituents is 1. The van der Waals surface area contributed by atoms with E-state index in [9.17, 15) is 23.3 Å². The number of hydrogen-bond acceptors (Lipinski definition) is 5. The standard InChI is InChI=1S/C11H14N4O5S/c16-11-12-4-5-14(11)6-7-21(19,20)13-9-2-1-3-10(8-9)15(17)18/h1-3,8,13H,4-7H2,(H,12,16). The largest absolute Gasteiger partial charge is 0.336 e. The first-order valence-electron chi connectivity index (χ1n) is 6.15. The number of nitro groups is 1. The van der Waals surface area contributed by atoms with Crippen molar-refractivity contribution in [3.8, 4) is 0 Å². The molecule has 0 radical (unpaired) electrons. The number of benzene rings is 1. The van der Waals surface area contributed by atoms with E-state index in [0.717, 1.165) is 6.07 Å². The van der Waals surface area contributed by atoms with Crippen LogP contribution in [0.5, 0.6) is 0 Å². The second-order valence-corrected chi connectivity index (χ2v) is 6.29. The highest BCUT2D eigenvalue weighted by Gasteiger charge is 2.22. The molecule has 0 unspecified atom stereocenters. The summed E-state index contributed by atoms with van der Waals surface area (Å²) in [7, 11) is -3.68. The summed E-state index contributed by atoms with van der Waals surface area (Å²) in [4.78, 5) is 22.7. The molecule has 9 nitrogen and oxygen atoms in total. The molecule has 1 aliphatic rings. The Balaban J connectivity index is 1.98. The van der Waals surface area contributed by atoms with E-state index in [-0.39, 0.29) is 29.7 Å². The molecule has 0 spiro atoms. The van der Waals surface area contributed by atoms with Gasteiger partial charge in [0.25, 0.3) is 5.69 Å². The molecule has 1 heterocycles. The topological polar surface area (TPSA) is 122 Å². The van der Waals surface area contributed by atoms with Crippen LogP contribution in [0, 0.1) is 10.1 Å². The maximum atomic E-state index is 11.9. The van der Waals surface area contributed by atoms with Gasteiger partial charge in [0, 0.05) is 31.8 Å². The molecule has 0 aromatic heterocycles. The van der Waals surface area contributed by atoms with Crippen LogP contribution in [-0.2, 0) is 10.0 Å². The van der Waals surface area contributed by atoms with Gasteiger partial charge in [0.2, 0.25) is 10.0 Å². The van der Waals surface area contributed by atoms with Crippen molar-refractivity contribution in [2.45, 2.75) is 0 Å². The fourth-order valence-corrected chi connectivity index (χ4v) is 2.92. The fraction of sp³-hybridized carbons (Fsp3) is 0.364. The van der Waals surface area contributed by atoms with Crippen molar-refractivity contribution < 1.29 is 18.1 Å². The van der Waals surface area contributed by atoms with Crippen LogP contribution in [0.3, 0.4) is 0 Å².